The molecule has 0 spiro atoms. The number of rotatable bonds is 8. The van der Waals surface area contributed by atoms with Crippen molar-refractivity contribution in [3.63, 3.8) is 0 Å². The van der Waals surface area contributed by atoms with E-state index in [0.717, 1.165) is 16.8 Å². The molecule has 1 N–H and O–H groups in total. The van der Waals surface area contributed by atoms with Gasteiger partial charge in [-0.25, -0.2) is 13.1 Å². The number of carboxylic acid groups (broad SMARTS) is 1. The number of carboxylic acids is 1. The molecule has 2 aromatic carbocycles. The Morgan fingerprint density at radius 3 is 2.41 bits per heavy atom. The zero-order valence-corrected chi connectivity index (χ0v) is 32.9. The van der Waals surface area contributed by atoms with E-state index in [-0.39, 0.29) is 160 Å². The molecule has 220 valence electrons. The number of hydrogen-bond donors (Lipinski definition) is 1. The van der Waals surface area contributed by atoms with Crippen molar-refractivity contribution in [2.45, 2.75) is 38.0 Å². The molecule has 1 fully saturated rings. The zero-order valence-electron chi connectivity index (χ0n) is 24.3. The van der Waals surface area contributed by atoms with Gasteiger partial charge in [0.05, 0.1) is 26.3 Å². The van der Waals surface area contributed by atoms with Gasteiger partial charge in [-0.1, -0.05) is 30.1 Å². The molecule has 44 heavy (non-hydrogen) atoms. The molecule has 18 heteroatoms. The minimum absolute atomic E-state index is 0. The third-order valence-electron chi connectivity index (χ3n) is 6.59. The summed E-state index contributed by atoms with van der Waals surface area (Å²) in [4.78, 5) is 25.0. The summed E-state index contributed by atoms with van der Waals surface area (Å²) in [6.45, 7) is 4.07. The normalized spacial score (nSPS) is 14.8. The van der Waals surface area contributed by atoms with Crippen molar-refractivity contribution in [2.75, 3.05) is 23.3 Å². The number of hydrogen-bond acceptors (Lipinski definition) is 11. The van der Waals surface area contributed by atoms with Crippen LogP contribution >= 0.6 is 23.2 Å². The van der Waals surface area contributed by atoms with Crippen LogP contribution in [-0.2, 0) is 19.7 Å². The van der Waals surface area contributed by atoms with E-state index in [4.69, 9.17) is 23.2 Å². The molecular formula is C26H23Cl2K2N7O6S. The van der Waals surface area contributed by atoms with Gasteiger partial charge in [0.25, 0.3) is 0 Å². The summed E-state index contributed by atoms with van der Waals surface area (Å²) in [6.07, 6.45) is 1.35. The summed E-state index contributed by atoms with van der Waals surface area (Å²) in [5.41, 5.74) is 1.39. The van der Waals surface area contributed by atoms with Crippen LogP contribution in [0.5, 0.6) is 0 Å². The Morgan fingerprint density at radius 2 is 1.84 bits per heavy atom. The number of nitrogens with one attached hydrogen (secondary N) is 1. The first-order valence-electron chi connectivity index (χ1n) is 12.6. The smallest absolute Gasteiger partial charge is 0.744 e. The number of benzene rings is 2. The van der Waals surface area contributed by atoms with E-state index >= 15 is 0 Å². The predicted molar refractivity (Wildman–Crippen MR) is 150 cm³/mol. The van der Waals surface area contributed by atoms with Gasteiger partial charge in [-0.15, -0.1) is 10.2 Å². The molecule has 1 aromatic heterocycles. The van der Waals surface area contributed by atoms with Crippen LogP contribution in [0, 0.1) is 24.2 Å². The zero-order chi connectivity index (χ0) is 30.8. The molecule has 1 amide bonds. The monoisotopic (exact) mass is 709 g/mol. The van der Waals surface area contributed by atoms with Crippen molar-refractivity contribution in [2.24, 2.45) is 16.1 Å². The molecule has 1 unspecified atom stereocenters. The van der Waals surface area contributed by atoms with Crippen LogP contribution in [0.15, 0.2) is 45.5 Å². The molecule has 0 aliphatic carbocycles. The van der Waals surface area contributed by atoms with Crippen LogP contribution in [0.2, 0.25) is 10.0 Å². The number of anilines is 2. The number of aromatic nitrogens is 2. The number of carbonyl (C=O) groups is 2. The van der Waals surface area contributed by atoms with E-state index < -0.39 is 26.9 Å². The molecule has 4 rings (SSSR count). The molecule has 0 saturated carbocycles. The van der Waals surface area contributed by atoms with Crippen LogP contribution in [-0.4, -0.2) is 47.7 Å². The number of carbonyl (C=O) groups excluding carboxylic acids is 2. The van der Waals surface area contributed by atoms with Gasteiger partial charge in [-0.05, 0) is 50.1 Å². The second-order valence-electron chi connectivity index (χ2n) is 9.40. The van der Waals surface area contributed by atoms with Crippen molar-refractivity contribution in [3.8, 4) is 11.8 Å². The molecule has 1 saturated heterocycles. The molecular weight excluding hydrogens is 687 g/mol. The Balaban J connectivity index is 0.00000337. The number of azo groups is 1. The topological polar surface area (TPSA) is 196 Å². The first-order chi connectivity index (χ1) is 19.8. The van der Waals surface area contributed by atoms with E-state index in [1.54, 1.807) is 25.1 Å². The van der Waals surface area contributed by atoms with Gasteiger partial charge in [0, 0.05) is 37.1 Å². The van der Waals surface area contributed by atoms with Gasteiger partial charge in [-0.2, -0.15) is 10.4 Å². The van der Waals surface area contributed by atoms with Gasteiger partial charge in [-0.3, -0.25) is 4.79 Å². The second kappa shape index (κ2) is 16.9. The molecule has 1 atom stereocenters. The van der Waals surface area contributed by atoms with Crippen molar-refractivity contribution >= 4 is 68.1 Å². The van der Waals surface area contributed by atoms with Crippen molar-refractivity contribution in [1.29, 1.82) is 5.26 Å². The Bertz CT molecular complexity index is 1740. The molecule has 2 heterocycles. The Hall–Kier alpha value is -0.757. The van der Waals surface area contributed by atoms with Gasteiger partial charge in [0.2, 0.25) is 5.91 Å². The minimum atomic E-state index is -4.86. The number of piperidine rings is 1. The number of aliphatic carboxylic acids is 1. The Kier molecular flexibility index (Phi) is 15.1. The van der Waals surface area contributed by atoms with E-state index in [0.29, 0.717) is 30.8 Å². The van der Waals surface area contributed by atoms with E-state index in [2.05, 4.69) is 20.6 Å². The number of nitriles is 1. The van der Waals surface area contributed by atoms with Gasteiger partial charge < -0.3 is 24.7 Å². The average Bonchev–Trinajstić information content (AvgIpc) is 3.25. The van der Waals surface area contributed by atoms with Crippen LogP contribution in [0.1, 0.15) is 37.4 Å². The van der Waals surface area contributed by atoms with Gasteiger partial charge in [0.15, 0.2) is 5.82 Å². The summed E-state index contributed by atoms with van der Waals surface area (Å²) in [6, 6.07) is 8.76. The standard InChI is InChI=1S/C26H25Cl2N7O6S.2K/c1-3-23(36)30-22-9-16(34-8-4-5-15(13-34)26(37)38)6-7-21(22)31-32-25-18(12-29)14(2)33-35(25)24-19(27)10-17(11-20(24)28)42(39,40)41;;/h6-7,9-11,15H,3-5,8,13H2,1-2H3,(H,30,36)(H,37,38)(H,39,40,41);;/q;2*+1/p-2. The Morgan fingerprint density at radius 1 is 1.18 bits per heavy atom. The van der Waals surface area contributed by atoms with Crippen LogP contribution in [0.4, 0.5) is 22.9 Å². The average molecular weight is 711 g/mol. The fourth-order valence-corrected chi connectivity index (χ4v) is 5.74. The largest absolute Gasteiger partial charge is 1.00 e. The molecule has 1 aliphatic rings. The summed E-state index contributed by atoms with van der Waals surface area (Å²) < 4.78 is 35.6. The van der Waals surface area contributed by atoms with Crippen LogP contribution < -0.4 is 118 Å². The number of amides is 1. The maximum absolute atomic E-state index is 12.3. The maximum atomic E-state index is 12.3. The summed E-state index contributed by atoms with van der Waals surface area (Å²) in [7, 11) is -4.86. The third kappa shape index (κ3) is 9.19. The van der Waals surface area contributed by atoms with Crippen molar-refractivity contribution in [3.05, 3.63) is 51.6 Å². The first-order valence-corrected chi connectivity index (χ1v) is 14.8. The van der Waals surface area contributed by atoms with E-state index in [9.17, 15) is 32.9 Å². The fraction of sp³-hybridized carbons (Fsp3) is 0.308. The minimum Gasteiger partial charge on any atom is -0.744 e. The van der Waals surface area contributed by atoms with Crippen molar-refractivity contribution in [1.82, 2.24) is 9.78 Å². The number of aryl methyl sites for hydroxylation is 1. The summed E-state index contributed by atoms with van der Waals surface area (Å²) in [5, 5.41) is 36.3. The fourth-order valence-electron chi connectivity index (χ4n) is 4.44. The van der Waals surface area contributed by atoms with Crippen molar-refractivity contribution < 1.29 is 130 Å². The third-order valence-corrected chi connectivity index (χ3v) is 7.98. The van der Waals surface area contributed by atoms with Gasteiger partial charge >= 0.3 is 103 Å². The van der Waals surface area contributed by atoms with E-state index in [1.165, 1.54) is 6.92 Å². The quantitative estimate of drug-likeness (QED) is 0.156. The van der Waals surface area contributed by atoms with Gasteiger partial charge in [0.1, 0.15) is 33.1 Å². The summed E-state index contributed by atoms with van der Waals surface area (Å²) in [5.74, 6) is -2.14. The second-order valence-corrected chi connectivity index (χ2v) is 11.6. The maximum Gasteiger partial charge on any atom is 1.00 e. The van der Waals surface area contributed by atoms with Crippen LogP contribution in [0.3, 0.4) is 0 Å². The Labute approximate surface area is 349 Å². The molecule has 1 aliphatic heterocycles. The molecule has 13 nitrogen and oxygen atoms in total. The predicted octanol–water partition coefficient (Wildman–Crippen LogP) is -2.00. The summed E-state index contributed by atoms with van der Waals surface area (Å²) >= 11 is 12.6. The number of halogens is 2. The van der Waals surface area contributed by atoms with E-state index in [1.807, 2.05) is 11.0 Å². The number of nitrogens with zero attached hydrogens (tertiary/aromatic N) is 6. The first kappa shape index (κ1) is 39.4. The molecule has 0 bridgehead atoms. The SMILES string of the molecule is CCC(=O)Nc1cc(N2CCCC(C(=O)[O-])C2)ccc1N=Nc1c(C#N)c(C)nn1-c1c(Cl)cc(S(=O)(=O)[O-])cc1Cl.[K+].[K+]. The molecule has 3 aromatic rings. The molecule has 0 radical (unpaired) electrons. The van der Waals surface area contributed by atoms with Crippen LogP contribution in [0.25, 0.3) is 5.69 Å².